The molecule has 2 fully saturated rings. The smallest absolute Gasteiger partial charge is 0.243 e. The first-order valence-corrected chi connectivity index (χ1v) is 9.87. The molecule has 2 aliphatic rings. The van der Waals surface area contributed by atoms with Gasteiger partial charge < -0.3 is 5.32 Å². The lowest BCUT2D eigenvalue weighted by Crippen LogP contribution is -2.36. The van der Waals surface area contributed by atoms with Crippen LogP contribution in [0.4, 0.5) is 0 Å². The molecule has 1 amide bonds. The number of piperidine rings is 1. The van der Waals surface area contributed by atoms with E-state index in [-0.39, 0.29) is 28.7 Å². The third-order valence-corrected chi connectivity index (χ3v) is 7.07. The van der Waals surface area contributed by atoms with E-state index in [1.807, 2.05) is 19.2 Å². The molecule has 1 aromatic heterocycles. The molecule has 1 aliphatic carbocycles. The number of aryl methyl sites for hydroxylation is 1. The van der Waals surface area contributed by atoms with E-state index in [4.69, 9.17) is 0 Å². The summed E-state index contributed by atoms with van der Waals surface area (Å²) in [4.78, 5) is 11.7. The van der Waals surface area contributed by atoms with Crippen molar-refractivity contribution in [3.8, 4) is 11.3 Å². The number of sulfonamides is 1. The van der Waals surface area contributed by atoms with Crippen LogP contribution >= 0.6 is 0 Å². The number of rotatable bonds is 5. The van der Waals surface area contributed by atoms with Gasteiger partial charge in [0.2, 0.25) is 15.9 Å². The molecule has 26 heavy (non-hydrogen) atoms. The number of nitrogens with zero attached hydrogens (tertiary/aromatic N) is 3. The molecule has 1 saturated heterocycles. The summed E-state index contributed by atoms with van der Waals surface area (Å²) < 4.78 is 29.2. The SMILES string of the molecule is C=CC(=O)NC1C2CN(S(=O)(=O)c3cccc(-c4ccnn4C)c3)CC21. The molecule has 0 spiro atoms. The summed E-state index contributed by atoms with van der Waals surface area (Å²) in [5.41, 5.74) is 1.67. The number of hydrogen-bond donors (Lipinski definition) is 1. The highest BCUT2D eigenvalue weighted by Crippen LogP contribution is 2.47. The second-order valence-corrected chi connectivity index (χ2v) is 8.69. The van der Waals surface area contributed by atoms with Gasteiger partial charge in [-0.2, -0.15) is 9.40 Å². The summed E-state index contributed by atoms with van der Waals surface area (Å²) in [5, 5.41) is 7.00. The van der Waals surface area contributed by atoms with Crippen LogP contribution in [0.1, 0.15) is 0 Å². The van der Waals surface area contributed by atoms with Gasteiger partial charge in [-0.05, 0) is 36.1 Å². The van der Waals surface area contributed by atoms with E-state index in [1.165, 1.54) is 10.4 Å². The number of amides is 1. The van der Waals surface area contributed by atoms with E-state index < -0.39 is 10.0 Å². The quantitative estimate of drug-likeness (QED) is 0.794. The van der Waals surface area contributed by atoms with Gasteiger partial charge in [0, 0.05) is 37.9 Å². The molecule has 2 aromatic rings. The molecule has 7 nitrogen and oxygen atoms in total. The van der Waals surface area contributed by atoms with Crippen molar-refractivity contribution >= 4 is 15.9 Å². The predicted molar refractivity (Wildman–Crippen MR) is 96.5 cm³/mol. The number of fused-ring (bicyclic) bond motifs is 1. The third-order valence-electron chi connectivity index (χ3n) is 5.24. The Balaban J connectivity index is 1.52. The van der Waals surface area contributed by atoms with Crippen LogP contribution in [0.25, 0.3) is 11.3 Å². The topological polar surface area (TPSA) is 84.3 Å². The lowest BCUT2D eigenvalue weighted by Gasteiger charge is -2.20. The fourth-order valence-corrected chi connectivity index (χ4v) is 5.30. The Hall–Kier alpha value is -2.45. The van der Waals surface area contributed by atoms with Gasteiger partial charge in [0.15, 0.2) is 0 Å². The van der Waals surface area contributed by atoms with E-state index in [1.54, 1.807) is 29.1 Å². The zero-order valence-electron chi connectivity index (χ0n) is 14.4. The Morgan fingerprint density at radius 2 is 2.04 bits per heavy atom. The van der Waals surface area contributed by atoms with E-state index in [0.717, 1.165) is 11.3 Å². The number of benzene rings is 1. The summed E-state index contributed by atoms with van der Waals surface area (Å²) in [5.74, 6) is 0.172. The normalized spacial score (nSPS) is 24.9. The van der Waals surface area contributed by atoms with Crippen LogP contribution in [0.15, 0.2) is 54.1 Å². The first-order chi connectivity index (χ1) is 12.4. The molecule has 0 radical (unpaired) electrons. The molecular weight excluding hydrogens is 352 g/mol. The van der Waals surface area contributed by atoms with Crippen LogP contribution in [-0.2, 0) is 21.9 Å². The van der Waals surface area contributed by atoms with Crippen molar-refractivity contribution in [2.45, 2.75) is 10.9 Å². The lowest BCUT2D eigenvalue weighted by molar-refractivity contribution is -0.116. The van der Waals surface area contributed by atoms with Gasteiger partial charge in [-0.15, -0.1) is 0 Å². The standard InChI is InChI=1S/C18H20N4O3S/c1-3-17(23)20-18-14-10-22(11-15(14)18)26(24,25)13-6-4-5-12(9-13)16-7-8-19-21(16)2/h3-9,14-15,18H,1,10-11H2,2H3,(H,20,23). The highest BCUT2D eigenvalue weighted by molar-refractivity contribution is 7.89. The van der Waals surface area contributed by atoms with Gasteiger partial charge >= 0.3 is 0 Å². The first kappa shape index (κ1) is 17.0. The minimum atomic E-state index is -3.55. The third kappa shape index (κ3) is 2.75. The summed E-state index contributed by atoms with van der Waals surface area (Å²) in [7, 11) is -1.73. The van der Waals surface area contributed by atoms with Crippen molar-refractivity contribution in [2.75, 3.05) is 13.1 Å². The fourth-order valence-electron chi connectivity index (χ4n) is 3.74. The van der Waals surface area contributed by atoms with Gasteiger partial charge in [0.1, 0.15) is 0 Å². The average molecular weight is 372 g/mol. The van der Waals surface area contributed by atoms with E-state index in [9.17, 15) is 13.2 Å². The van der Waals surface area contributed by atoms with E-state index in [2.05, 4.69) is 17.0 Å². The second kappa shape index (κ2) is 6.07. The summed E-state index contributed by atoms with van der Waals surface area (Å²) >= 11 is 0. The summed E-state index contributed by atoms with van der Waals surface area (Å²) in [6.45, 7) is 4.31. The molecule has 1 saturated carbocycles. The number of nitrogens with one attached hydrogen (secondary N) is 1. The van der Waals surface area contributed by atoms with Crippen molar-refractivity contribution < 1.29 is 13.2 Å². The van der Waals surface area contributed by atoms with Gasteiger partial charge in [-0.25, -0.2) is 8.42 Å². The molecule has 2 unspecified atom stereocenters. The maximum Gasteiger partial charge on any atom is 0.243 e. The fraction of sp³-hybridized carbons (Fsp3) is 0.333. The Kier molecular flexibility index (Phi) is 3.96. The van der Waals surface area contributed by atoms with Gasteiger partial charge in [0.25, 0.3) is 0 Å². The van der Waals surface area contributed by atoms with Crippen LogP contribution < -0.4 is 5.32 Å². The van der Waals surface area contributed by atoms with Crippen LogP contribution in [0.5, 0.6) is 0 Å². The van der Waals surface area contributed by atoms with Crippen molar-refractivity contribution in [1.29, 1.82) is 0 Å². The second-order valence-electron chi connectivity index (χ2n) is 6.76. The number of hydrogen-bond acceptors (Lipinski definition) is 4. The highest BCUT2D eigenvalue weighted by Gasteiger charge is 2.58. The van der Waals surface area contributed by atoms with Crippen molar-refractivity contribution in [2.24, 2.45) is 18.9 Å². The molecule has 0 bridgehead atoms. The Morgan fingerprint density at radius 3 is 2.65 bits per heavy atom. The molecular formula is C18H20N4O3S. The van der Waals surface area contributed by atoms with Gasteiger partial charge in [0.05, 0.1) is 10.6 Å². The largest absolute Gasteiger partial charge is 0.349 e. The average Bonchev–Trinajstić information content (AvgIpc) is 2.99. The van der Waals surface area contributed by atoms with Crippen LogP contribution in [0.3, 0.4) is 0 Å². The van der Waals surface area contributed by atoms with E-state index in [0.29, 0.717) is 13.1 Å². The molecule has 8 heteroatoms. The van der Waals surface area contributed by atoms with Crippen molar-refractivity contribution in [3.05, 3.63) is 49.2 Å². The highest BCUT2D eigenvalue weighted by atomic mass is 32.2. The first-order valence-electron chi connectivity index (χ1n) is 8.43. The zero-order valence-corrected chi connectivity index (χ0v) is 15.2. The molecule has 1 N–H and O–H groups in total. The number of carbonyl (C=O) groups excluding carboxylic acids is 1. The molecule has 1 aromatic carbocycles. The Labute approximate surface area is 152 Å². The van der Waals surface area contributed by atoms with Crippen LogP contribution in [-0.4, -0.2) is 47.5 Å². The minimum absolute atomic E-state index is 0.0627. The maximum absolute atomic E-state index is 13.0. The van der Waals surface area contributed by atoms with Gasteiger partial charge in [-0.3, -0.25) is 9.48 Å². The molecule has 4 rings (SSSR count). The van der Waals surface area contributed by atoms with E-state index >= 15 is 0 Å². The summed E-state index contributed by atoms with van der Waals surface area (Å²) in [6, 6.07) is 8.84. The molecule has 2 heterocycles. The summed E-state index contributed by atoms with van der Waals surface area (Å²) in [6.07, 6.45) is 2.93. The predicted octanol–water partition coefficient (Wildman–Crippen LogP) is 1.01. The van der Waals surface area contributed by atoms with Crippen LogP contribution in [0.2, 0.25) is 0 Å². The van der Waals surface area contributed by atoms with Crippen LogP contribution in [0, 0.1) is 11.8 Å². The molecule has 136 valence electrons. The van der Waals surface area contributed by atoms with Crippen molar-refractivity contribution in [3.63, 3.8) is 0 Å². The van der Waals surface area contributed by atoms with Crippen molar-refractivity contribution in [1.82, 2.24) is 19.4 Å². The number of carbonyl (C=O) groups is 1. The molecule has 1 aliphatic heterocycles. The minimum Gasteiger partial charge on any atom is -0.349 e. The maximum atomic E-state index is 13.0. The Morgan fingerprint density at radius 1 is 1.31 bits per heavy atom. The Bertz CT molecular complexity index is 970. The monoisotopic (exact) mass is 372 g/mol. The molecule has 2 atom stereocenters. The van der Waals surface area contributed by atoms with Gasteiger partial charge in [-0.1, -0.05) is 18.7 Å². The number of aromatic nitrogens is 2. The zero-order chi connectivity index (χ0) is 18.5. The lowest BCUT2D eigenvalue weighted by atomic mass is 10.1.